The van der Waals surface area contributed by atoms with E-state index in [0.717, 1.165) is 32.0 Å². The Morgan fingerprint density at radius 1 is 1.31 bits per heavy atom. The molecule has 5 heteroatoms. The molecule has 0 fully saturated rings. The van der Waals surface area contributed by atoms with Gasteiger partial charge < -0.3 is 9.84 Å². The van der Waals surface area contributed by atoms with Gasteiger partial charge in [0.25, 0.3) is 0 Å². The van der Waals surface area contributed by atoms with Gasteiger partial charge in [-0.3, -0.25) is 0 Å². The largest absolute Gasteiger partial charge is 0.491 e. The normalized spacial score (nSPS) is 12.6. The first kappa shape index (κ1) is 14.5. The zero-order valence-electron chi connectivity index (χ0n) is 8.84. The minimum atomic E-state index is -0.482. The fourth-order valence-electron chi connectivity index (χ4n) is 1.19. The smallest absolute Gasteiger partial charge is 0.147 e. The minimum Gasteiger partial charge on any atom is -0.491 e. The van der Waals surface area contributed by atoms with Crippen LogP contribution >= 0.6 is 47.8 Å². The highest BCUT2D eigenvalue weighted by Gasteiger charge is 2.11. The quantitative estimate of drug-likeness (QED) is 0.568. The van der Waals surface area contributed by atoms with Crippen LogP contribution < -0.4 is 4.74 Å². The topological polar surface area (TPSA) is 29.5 Å². The number of benzene rings is 1. The summed E-state index contributed by atoms with van der Waals surface area (Å²) in [5.74, 6) is 0.783. The fourth-order valence-corrected chi connectivity index (χ4v) is 2.87. The van der Waals surface area contributed by atoms with Gasteiger partial charge in [-0.2, -0.15) is 0 Å². The lowest BCUT2D eigenvalue weighted by atomic mass is 10.1. The number of ether oxygens (including phenoxy) is 1. The SMILES string of the molecule is CC(O)c1cc(Br)c(OCCCBr)c(Br)c1. The van der Waals surface area contributed by atoms with Crippen molar-refractivity contribution in [3.8, 4) is 5.75 Å². The molecule has 1 N–H and O–H groups in total. The average Bonchev–Trinajstić information content (AvgIpc) is 2.21. The second-order valence-electron chi connectivity index (χ2n) is 3.38. The summed E-state index contributed by atoms with van der Waals surface area (Å²) < 4.78 is 7.35. The van der Waals surface area contributed by atoms with Gasteiger partial charge >= 0.3 is 0 Å². The van der Waals surface area contributed by atoms with E-state index in [9.17, 15) is 5.11 Å². The molecule has 0 aliphatic heterocycles. The fraction of sp³-hybridized carbons (Fsp3) is 0.455. The van der Waals surface area contributed by atoms with E-state index < -0.39 is 6.10 Å². The molecule has 1 rings (SSSR count). The van der Waals surface area contributed by atoms with Crippen LogP contribution in [0.3, 0.4) is 0 Å². The van der Waals surface area contributed by atoms with Crippen molar-refractivity contribution < 1.29 is 9.84 Å². The predicted octanol–water partition coefficient (Wildman–Crippen LogP) is 4.43. The highest BCUT2D eigenvalue weighted by atomic mass is 79.9. The van der Waals surface area contributed by atoms with Crippen LogP contribution in [0, 0.1) is 0 Å². The Kier molecular flexibility index (Phi) is 6.32. The van der Waals surface area contributed by atoms with E-state index >= 15 is 0 Å². The molecule has 0 aromatic heterocycles. The van der Waals surface area contributed by atoms with Gasteiger partial charge in [-0.05, 0) is 62.9 Å². The van der Waals surface area contributed by atoms with Crippen molar-refractivity contribution in [1.82, 2.24) is 0 Å². The number of rotatable bonds is 5. The zero-order chi connectivity index (χ0) is 12.1. The first-order valence-electron chi connectivity index (χ1n) is 4.92. The Bertz CT molecular complexity index is 330. The summed E-state index contributed by atoms with van der Waals surface area (Å²) >= 11 is 10.2. The Hall–Kier alpha value is 0.420. The minimum absolute atomic E-state index is 0.482. The summed E-state index contributed by atoms with van der Waals surface area (Å²) in [5, 5.41) is 10.4. The van der Waals surface area contributed by atoms with Gasteiger partial charge in [-0.15, -0.1) is 0 Å². The summed E-state index contributed by atoms with van der Waals surface area (Å²) in [6.45, 7) is 2.40. The second kappa shape index (κ2) is 6.99. The van der Waals surface area contributed by atoms with Crippen molar-refractivity contribution in [3.63, 3.8) is 0 Å². The third kappa shape index (κ3) is 4.02. The summed E-state index contributed by atoms with van der Waals surface area (Å²) in [7, 11) is 0. The van der Waals surface area contributed by atoms with Crippen molar-refractivity contribution in [2.75, 3.05) is 11.9 Å². The molecule has 0 radical (unpaired) electrons. The molecular formula is C11H13Br3O2. The van der Waals surface area contributed by atoms with E-state index in [2.05, 4.69) is 47.8 Å². The van der Waals surface area contributed by atoms with E-state index in [1.807, 2.05) is 12.1 Å². The molecule has 0 spiro atoms. The summed E-state index contributed by atoms with van der Waals surface area (Å²) in [5.41, 5.74) is 0.853. The van der Waals surface area contributed by atoms with Crippen LogP contribution in [0.5, 0.6) is 5.75 Å². The number of halogens is 3. The van der Waals surface area contributed by atoms with Crippen LogP contribution in [-0.4, -0.2) is 17.0 Å². The van der Waals surface area contributed by atoms with Gasteiger partial charge in [0, 0.05) is 5.33 Å². The standard InChI is InChI=1S/C11H13Br3O2/c1-7(15)8-5-9(13)11(10(14)6-8)16-4-2-3-12/h5-7,15H,2-4H2,1H3. The molecule has 0 saturated heterocycles. The van der Waals surface area contributed by atoms with E-state index in [1.165, 1.54) is 0 Å². The number of alkyl halides is 1. The van der Waals surface area contributed by atoms with Gasteiger partial charge in [0.15, 0.2) is 0 Å². The Balaban J connectivity index is 2.85. The van der Waals surface area contributed by atoms with Gasteiger partial charge in [0.05, 0.1) is 21.7 Å². The van der Waals surface area contributed by atoms with Crippen LogP contribution in [0.15, 0.2) is 21.1 Å². The van der Waals surface area contributed by atoms with Crippen molar-refractivity contribution in [2.45, 2.75) is 19.4 Å². The molecule has 0 aliphatic carbocycles. The van der Waals surface area contributed by atoms with E-state index in [-0.39, 0.29) is 0 Å². The highest BCUT2D eigenvalue weighted by molar-refractivity contribution is 9.11. The molecule has 0 bridgehead atoms. The van der Waals surface area contributed by atoms with Crippen LogP contribution in [-0.2, 0) is 0 Å². The average molecular weight is 417 g/mol. The molecule has 0 saturated carbocycles. The molecular weight excluding hydrogens is 404 g/mol. The van der Waals surface area contributed by atoms with Gasteiger partial charge in [0.1, 0.15) is 5.75 Å². The summed E-state index contributed by atoms with van der Waals surface area (Å²) in [4.78, 5) is 0. The Labute approximate surface area is 121 Å². The number of aliphatic hydroxyl groups is 1. The molecule has 0 heterocycles. The third-order valence-corrected chi connectivity index (χ3v) is 3.77. The molecule has 1 atom stereocenters. The third-order valence-electron chi connectivity index (χ3n) is 2.03. The molecule has 0 amide bonds. The van der Waals surface area contributed by atoms with Gasteiger partial charge in [-0.1, -0.05) is 15.9 Å². The Morgan fingerprint density at radius 2 is 1.88 bits per heavy atom. The van der Waals surface area contributed by atoms with Crippen molar-refractivity contribution in [2.24, 2.45) is 0 Å². The first-order valence-corrected chi connectivity index (χ1v) is 7.62. The molecule has 1 unspecified atom stereocenters. The van der Waals surface area contributed by atoms with Crippen molar-refractivity contribution in [3.05, 3.63) is 26.6 Å². The Morgan fingerprint density at radius 3 is 2.31 bits per heavy atom. The van der Waals surface area contributed by atoms with Gasteiger partial charge in [0.2, 0.25) is 0 Å². The molecule has 90 valence electrons. The van der Waals surface area contributed by atoms with E-state index in [4.69, 9.17) is 4.74 Å². The van der Waals surface area contributed by atoms with Crippen LogP contribution in [0.4, 0.5) is 0 Å². The summed E-state index contributed by atoms with van der Waals surface area (Å²) in [6, 6.07) is 3.75. The molecule has 1 aromatic rings. The molecule has 1 aromatic carbocycles. The van der Waals surface area contributed by atoms with Crippen molar-refractivity contribution in [1.29, 1.82) is 0 Å². The molecule has 0 aliphatic rings. The first-order chi connectivity index (χ1) is 7.56. The maximum absolute atomic E-state index is 9.49. The maximum Gasteiger partial charge on any atom is 0.147 e. The summed E-state index contributed by atoms with van der Waals surface area (Å²) in [6.07, 6.45) is 0.473. The lowest BCUT2D eigenvalue weighted by Gasteiger charge is -2.13. The lowest BCUT2D eigenvalue weighted by molar-refractivity contribution is 0.199. The van der Waals surface area contributed by atoms with Gasteiger partial charge in [-0.25, -0.2) is 0 Å². The number of hydrogen-bond donors (Lipinski definition) is 1. The maximum atomic E-state index is 9.49. The number of aliphatic hydroxyl groups excluding tert-OH is 1. The molecule has 16 heavy (non-hydrogen) atoms. The van der Waals surface area contributed by atoms with E-state index in [1.54, 1.807) is 6.92 Å². The zero-order valence-corrected chi connectivity index (χ0v) is 13.6. The van der Waals surface area contributed by atoms with Crippen LogP contribution in [0.25, 0.3) is 0 Å². The lowest BCUT2D eigenvalue weighted by Crippen LogP contribution is -2.00. The monoisotopic (exact) mass is 414 g/mol. The second-order valence-corrected chi connectivity index (χ2v) is 5.88. The van der Waals surface area contributed by atoms with E-state index in [0.29, 0.717) is 6.61 Å². The highest BCUT2D eigenvalue weighted by Crippen LogP contribution is 2.36. The van der Waals surface area contributed by atoms with Crippen LogP contribution in [0.2, 0.25) is 0 Å². The van der Waals surface area contributed by atoms with Crippen molar-refractivity contribution >= 4 is 47.8 Å². The predicted molar refractivity (Wildman–Crippen MR) is 76.4 cm³/mol. The molecule has 2 nitrogen and oxygen atoms in total. The number of hydrogen-bond acceptors (Lipinski definition) is 2. The van der Waals surface area contributed by atoms with Crippen LogP contribution in [0.1, 0.15) is 25.0 Å².